The fourth-order valence-electron chi connectivity index (χ4n) is 0.960. The highest BCUT2D eigenvalue weighted by atomic mass is 79.9. The van der Waals surface area contributed by atoms with Gasteiger partial charge in [-0.2, -0.15) is 0 Å². The summed E-state index contributed by atoms with van der Waals surface area (Å²) in [5.74, 6) is -1.21. The van der Waals surface area contributed by atoms with Crippen LogP contribution in [0.25, 0.3) is 0 Å². The number of piperazine rings is 1. The molecule has 0 aliphatic carbocycles. The number of aromatic nitrogens is 1. The Morgan fingerprint density at radius 1 is 1.53 bits per heavy atom. The van der Waals surface area contributed by atoms with Crippen LogP contribution in [0.15, 0.2) is 22.9 Å². The van der Waals surface area contributed by atoms with Crippen LogP contribution < -0.4 is 5.32 Å². The number of nitrogens with one attached hydrogen (secondary N) is 1. The molecule has 0 unspecified atom stereocenters. The van der Waals surface area contributed by atoms with Crippen molar-refractivity contribution in [3.05, 3.63) is 28.5 Å². The molecule has 0 bridgehead atoms. The summed E-state index contributed by atoms with van der Waals surface area (Å²) in [6.45, 7) is -12.3. The van der Waals surface area contributed by atoms with E-state index in [0.717, 1.165) is 6.20 Å². The lowest BCUT2D eigenvalue weighted by Crippen LogP contribution is -2.46. The summed E-state index contributed by atoms with van der Waals surface area (Å²) in [7, 11) is 0. The Bertz CT molecular complexity index is 609. The van der Waals surface area contributed by atoms with E-state index in [1.807, 2.05) is 0 Å². The first-order chi connectivity index (χ1) is 10.2. The van der Waals surface area contributed by atoms with Gasteiger partial charge >= 0.3 is 0 Å². The molecule has 2 rings (SSSR count). The minimum Gasteiger partial charge on any atom is -0.336 e. The number of halogens is 1. The second-order valence-corrected chi connectivity index (χ2v) is 3.42. The van der Waals surface area contributed by atoms with Crippen LogP contribution >= 0.6 is 15.9 Å². The van der Waals surface area contributed by atoms with Crippen molar-refractivity contribution in [2.45, 2.75) is 0 Å². The van der Waals surface area contributed by atoms with Crippen LogP contribution in [0.5, 0.6) is 0 Å². The molecule has 1 aliphatic rings. The predicted molar refractivity (Wildman–Crippen MR) is 60.7 cm³/mol. The SMILES string of the molecule is [2H]C1([2H])NC([2H])([2H])C([2H])([2H])N(C(=O)c2ccc(Br)nc2)C1([2H])[2H]. The highest BCUT2D eigenvalue weighted by Crippen LogP contribution is 2.09. The summed E-state index contributed by atoms with van der Waals surface area (Å²) >= 11 is 3.06. The van der Waals surface area contributed by atoms with Gasteiger partial charge in [0, 0.05) is 37.7 Å². The van der Waals surface area contributed by atoms with E-state index in [1.54, 1.807) is 5.32 Å². The number of nitrogens with zero attached hydrogens (tertiary/aromatic N) is 2. The van der Waals surface area contributed by atoms with E-state index in [4.69, 9.17) is 11.0 Å². The lowest BCUT2D eigenvalue weighted by molar-refractivity contribution is 0.0735. The monoisotopic (exact) mass is 277 g/mol. The second kappa shape index (κ2) is 4.72. The van der Waals surface area contributed by atoms with E-state index in [0.29, 0.717) is 4.60 Å². The van der Waals surface area contributed by atoms with Crippen LogP contribution in [0.3, 0.4) is 0 Å². The maximum atomic E-state index is 12.5. The Labute approximate surface area is 108 Å². The van der Waals surface area contributed by atoms with Gasteiger partial charge in [0.1, 0.15) is 4.60 Å². The van der Waals surface area contributed by atoms with Crippen LogP contribution in [-0.2, 0) is 0 Å². The van der Waals surface area contributed by atoms with E-state index >= 15 is 0 Å². The molecular weight excluding hydrogens is 258 g/mol. The standard InChI is InChI=1S/C10H12BrN3O/c11-9-2-1-8(7-13-9)10(15)14-5-3-12-4-6-14/h1-2,7,12H,3-6H2/i3D2,4D2,5D2,6D2. The van der Waals surface area contributed by atoms with Crippen molar-refractivity contribution in [2.75, 3.05) is 26.0 Å². The van der Waals surface area contributed by atoms with Crippen molar-refractivity contribution >= 4 is 21.8 Å². The van der Waals surface area contributed by atoms with E-state index in [2.05, 4.69) is 20.9 Å². The molecule has 80 valence electrons. The summed E-state index contributed by atoms with van der Waals surface area (Å²) in [6, 6.07) is 2.63. The molecular formula is C10H12BrN3O. The van der Waals surface area contributed by atoms with Crippen LogP contribution in [0, 0.1) is 0 Å². The highest BCUT2D eigenvalue weighted by molar-refractivity contribution is 9.10. The van der Waals surface area contributed by atoms with E-state index in [-0.39, 0.29) is 10.5 Å². The summed E-state index contributed by atoms with van der Waals surface area (Å²) < 4.78 is 62.3. The summed E-state index contributed by atoms with van der Waals surface area (Å²) in [6.07, 6.45) is 1.06. The molecule has 0 spiro atoms. The van der Waals surface area contributed by atoms with Crippen LogP contribution in [-0.4, -0.2) is 41.8 Å². The largest absolute Gasteiger partial charge is 0.336 e. The number of pyridine rings is 1. The molecule has 1 saturated heterocycles. The topological polar surface area (TPSA) is 45.2 Å². The molecule has 1 aromatic rings. The summed E-state index contributed by atoms with van der Waals surface area (Å²) in [5.41, 5.74) is -0.200. The minimum absolute atomic E-state index is 0.0541. The van der Waals surface area contributed by atoms with Crippen molar-refractivity contribution in [1.82, 2.24) is 15.2 Å². The Morgan fingerprint density at radius 3 is 2.87 bits per heavy atom. The zero-order valence-corrected chi connectivity index (χ0v) is 9.00. The molecule has 0 radical (unpaired) electrons. The Balaban J connectivity index is 2.59. The molecule has 1 aromatic heterocycles. The average Bonchev–Trinajstić information content (AvgIpc) is 2.36. The van der Waals surface area contributed by atoms with Crippen LogP contribution in [0.1, 0.15) is 21.3 Å². The molecule has 5 heteroatoms. The zero-order chi connectivity index (χ0) is 17.8. The first-order valence-corrected chi connectivity index (χ1v) is 4.79. The fourth-order valence-corrected chi connectivity index (χ4v) is 1.19. The fraction of sp³-hybridized carbons (Fsp3) is 0.400. The number of hydrogen-bond acceptors (Lipinski definition) is 3. The van der Waals surface area contributed by atoms with Gasteiger partial charge in [-0.05, 0) is 28.1 Å². The molecule has 15 heavy (non-hydrogen) atoms. The van der Waals surface area contributed by atoms with Gasteiger partial charge < -0.3 is 10.2 Å². The summed E-state index contributed by atoms with van der Waals surface area (Å²) in [4.78, 5) is 16.3. The molecule has 0 aromatic carbocycles. The third kappa shape index (κ3) is 2.54. The molecule has 0 atom stereocenters. The van der Waals surface area contributed by atoms with Gasteiger partial charge in [0.25, 0.3) is 5.91 Å². The molecule has 1 aliphatic heterocycles. The lowest BCUT2D eigenvalue weighted by atomic mass is 10.2. The van der Waals surface area contributed by atoms with Gasteiger partial charge in [0.15, 0.2) is 0 Å². The Kier molecular flexibility index (Phi) is 1.42. The first kappa shape index (κ1) is 4.51. The van der Waals surface area contributed by atoms with Gasteiger partial charge in [-0.25, -0.2) is 4.98 Å². The highest BCUT2D eigenvalue weighted by Gasteiger charge is 2.17. The third-order valence-electron chi connectivity index (χ3n) is 1.64. The average molecular weight is 278 g/mol. The molecule has 2 heterocycles. The number of hydrogen-bond donors (Lipinski definition) is 1. The second-order valence-electron chi connectivity index (χ2n) is 2.61. The zero-order valence-electron chi connectivity index (χ0n) is 15.4. The maximum Gasteiger partial charge on any atom is 0.255 e. The Hall–Kier alpha value is -0.940. The molecule has 1 amide bonds. The number of amides is 1. The van der Waals surface area contributed by atoms with Gasteiger partial charge in [-0.15, -0.1) is 0 Å². The predicted octanol–water partition coefficient (Wildman–Crippen LogP) is 0.889. The van der Waals surface area contributed by atoms with E-state index < -0.39 is 31.9 Å². The molecule has 0 saturated carbocycles. The van der Waals surface area contributed by atoms with Gasteiger partial charge in [0.05, 0.1) is 11.0 Å². The quantitative estimate of drug-likeness (QED) is 0.776. The summed E-state index contributed by atoms with van der Waals surface area (Å²) in [5, 5.41) is 1.66. The molecule has 4 nitrogen and oxygen atoms in total. The smallest absolute Gasteiger partial charge is 0.255 e. The minimum atomic E-state index is -3.15. The molecule has 1 N–H and O–H groups in total. The van der Waals surface area contributed by atoms with Crippen LogP contribution in [0.2, 0.25) is 0 Å². The van der Waals surface area contributed by atoms with Gasteiger partial charge in [0.2, 0.25) is 0 Å². The van der Waals surface area contributed by atoms with Gasteiger partial charge in [-0.1, -0.05) is 0 Å². The number of carbonyl (C=O) groups excluding carboxylic acids is 1. The number of rotatable bonds is 1. The van der Waals surface area contributed by atoms with Crippen molar-refractivity contribution < 1.29 is 15.8 Å². The van der Waals surface area contributed by atoms with Crippen molar-refractivity contribution in [3.63, 3.8) is 0 Å². The molecule has 1 fully saturated rings. The maximum absolute atomic E-state index is 12.5. The van der Waals surface area contributed by atoms with Crippen molar-refractivity contribution in [3.8, 4) is 0 Å². The van der Waals surface area contributed by atoms with E-state index in [1.165, 1.54) is 12.1 Å². The Morgan fingerprint density at radius 2 is 2.27 bits per heavy atom. The van der Waals surface area contributed by atoms with Gasteiger partial charge in [-0.3, -0.25) is 4.79 Å². The normalized spacial score (nSPS) is 37.8. The van der Waals surface area contributed by atoms with E-state index in [9.17, 15) is 4.79 Å². The van der Waals surface area contributed by atoms with Crippen molar-refractivity contribution in [2.24, 2.45) is 0 Å². The number of carbonyl (C=O) groups is 1. The van der Waals surface area contributed by atoms with Crippen molar-refractivity contribution in [1.29, 1.82) is 0 Å². The third-order valence-corrected chi connectivity index (χ3v) is 2.11. The first-order valence-electron chi connectivity index (χ1n) is 8.00. The van der Waals surface area contributed by atoms with Crippen LogP contribution in [0.4, 0.5) is 0 Å². The lowest BCUT2D eigenvalue weighted by Gasteiger charge is -2.27.